The van der Waals surface area contributed by atoms with Crippen LogP contribution in [0.4, 0.5) is 0 Å². The van der Waals surface area contributed by atoms with Crippen molar-refractivity contribution in [3.05, 3.63) is 0 Å². The Balaban J connectivity index is 2.07. The average molecular weight is 268 g/mol. The van der Waals surface area contributed by atoms with Crippen LogP contribution in [-0.4, -0.2) is 31.8 Å². The summed E-state index contributed by atoms with van der Waals surface area (Å²) in [5, 5.41) is 9.68. The first-order valence-electron chi connectivity index (χ1n) is 4.25. The zero-order valence-corrected chi connectivity index (χ0v) is 8.99. The van der Waals surface area contributed by atoms with Crippen molar-refractivity contribution in [3.8, 4) is 0 Å². The second-order valence-corrected chi connectivity index (χ2v) is 5.77. The number of nitrogens with zero attached hydrogens (tertiary/aromatic N) is 1. The van der Waals surface area contributed by atoms with Crippen molar-refractivity contribution in [1.29, 1.82) is 0 Å². The van der Waals surface area contributed by atoms with E-state index in [1.807, 2.05) is 0 Å². The van der Waals surface area contributed by atoms with E-state index in [1.165, 1.54) is 19.4 Å². The van der Waals surface area contributed by atoms with Crippen LogP contribution in [0.3, 0.4) is 0 Å². The molecule has 2 saturated heterocycles. The fraction of sp³-hybridized carbons (Fsp3) is 1.00. The van der Waals surface area contributed by atoms with Crippen LogP contribution >= 0.6 is 0 Å². The van der Waals surface area contributed by atoms with Gasteiger partial charge in [0.1, 0.15) is 0 Å². The van der Waals surface area contributed by atoms with Gasteiger partial charge >= 0.3 is 78.5 Å². The maximum absolute atomic E-state index is 9.68. The van der Waals surface area contributed by atoms with Crippen LogP contribution in [0.1, 0.15) is 19.3 Å². The molecule has 3 heteroatoms. The Labute approximate surface area is 78.6 Å². The molecule has 2 aliphatic heterocycles. The van der Waals surface area contributed by atoms with Crippen molar-refractivity contribution >= 4 is 0 Å². The molecule has 0 aromatic heterocycles. The summed E-state index contributed by atoms with van der Waals surface area (Å²) in [5.41, 5.74) is 0. The van der Waals surface area contributed by atoms with Crippen molar-refractivity contribution in [1.82, 2.24) is 3.11 Å². The molecule has 0 spiro atoms. The van der Waals surface area contributed by atoms with E-state index in [9.17, 15) is 5.11 Å². The molecule has 1 saturated carbocycles. The Morgan fingerprint density at radius 1 is 1.45 bits per heavy atom. The van der Waals surface area contributed by atoms with Gasteiger partial charge in [-0.05, 0) is 0 Å². The third kappa shape index (κ3) is 1.42. The third-order valence-corrected chi connectivity index (χ3v) is 5.25. The molecule has 66 valence electrons. The first-order chi connectivity index (χ1) is 5.31. The van der Waals surface area contributed by atoms with Gasteiger partial charge in [0.2, 0.25) is 0 Å². The van der Waals surface area contributed by atoms with Crippen molar-refractivity contribution in [3.63, 3.8) is 0 Å². The standard InChI is InChI=1S/C8H15INO/c1-9-10-5-6-2-3-7(10)8(11)4-6/h6-8,11H,2-5H2,1H3/q-1/t6-,7+,8+/m0/s1. The number of piperidine rings is 2. The molecule has 0 aromatic carbocycles. The molecule has 2 nitrogen and oxygen atoms in total. The van der Waals surface area contributed by atoms with Crippen molar-refractivity contribution in [2.75, 3.05) is 11.5 Å². The number of alkyl halides is 1. The summed E-state index contributed by atoms with van der Waals surface area (Å²) in [5.74, 6) is 0.814. The monoisotopic (exact) mass is 268 g/mol. The zero-order valence-electron chi connectivity index (χ0n) is 6.83. The second kappa shape index (κ2) is 3.18. The predicted molar refractivity (Wildman–Crippen MR) is 39.8 cm³/mol. The Hall–Kier alpha value is 0.650. The Bertz CT molecular complexity index is 153. The van der Waals surface area contributed by atoms with Gasteiger partial charge in [-0.25, -0.2) is 0 Å². The molecule has 0 aromatic rings. The van der Waals surface area contributed by atoms with Gasteiger partial charge in [-0.2, -0.15) is 0 Å². The van der Waals surface area contributed by atoms with E-state index >= 15 is 0 Å². The molecular formula is C8H15INO-. The second-order valence-electron chi connectivity index (χ2n) is 3.57. The first kappa shape index (κ1) is 8.26. The Morgan fingerprint density at radius 2 is 2.27 bits per heavy atom. The minimum absolute atomic E-state index is 0.00199. The molecule has 1 N–H and O–H groups in total. The van der Waals surface area contributed by atoms with Gasteiger partial charge in [-0.3, -0.25) is 0 Å². The van der Waals surface area contributed by atoms with Gasteiger partial charge in [0, 0.05) is 0 Å². The van der Waals surface area contributed by atoms with E-state index in [0.29, 0.717) is 6.04 Å². The molecular weight excluding hydrogens is 253 g/mol. The van der Waals surface area contributed by atoms with Gasteiger partial charge in [0.15, 0.2) is 0 Å². The van der Waals surface area contributed by atoms with E-state index in [2.05, 4.69) is 8.04 Å². The van der Waals surface area contributed by atoms with Gasteiger partial charge in [-0.1, -0.05) is 0 Å². The van der Waals surface area contributed by atoms with E-state index in [1.54, 1.807) is 0 Å². The summed E-state index contributed by atoms with van der Waals surface area (Å²) in [4.78, 5) is 2.30. The summed E-state index contributed by atoms with van der Waals surface area (Å²) in [6, 6.07) is 0.540. The minimum atomic E-state index is 0.00199. The number of hydrogen-bond acceptors (Lipinski definition) is 2. The molecule has 0 amide bonds. The molecule has 2 heterocycles. The van der Waals surface area contributed by atoms with Gasteiger partial charge in [0.05, 0.1) is 0 Å². The number of aliphatic hydroxyl groups is 1. The molecule has 3 aliphatic rings. The van der Waals surface area contributed by atoms with Crippen LogP contribution < -0.4 is 21.5 Å². The fourth-order valence-corrected chi connectivity index (χ4v) is 4.60. The molecule has 3 rings (SSSR count). The number of aliphatic hydroxyl groups excluding tert-OH is 1. The summed E-state index contributed by atoms with van der Waals surface area (Å²) >= 11 is 0.216. The van der Waals surface area contributed by atoms with E-state index in [4.69, 9.17) is 0 Å². The number of fused-ring (bicyclic) bond motifs is 3. The Morgan fingerprint density at radius 3 is 2.73 bits per heavy atom. The summed E-state index contributed by atoms with van der Waals surface area (Å²) in [6.07, 6.45) is 3.69. The molecule has 0 radical (unpaired) electrons. The van der Waals surface area contributed by atoms with Crippen LogP contribution in [-0.2, 0) is 0 Å². The van der Waals surface area contributed by atoms with Crippen LogP contribution in [0.5, 0.6) is 0 Å². The maximum atomic E-state index is 9.68. The van der Waals surface area contributed by atoms with Gasteiger partial charge in [0.25, 0.3) is 0 Å². The number of hydrogen-bond donors (Lipinski definition) is 1. The summed E-state index contributed by atoms with van der Waals surface area (Å²) < 4.78 is 2.54. The zero-order chi connectivity index (χ0) is 7.84. The predicted octanol–water partition coefficient (Wildman–Crippen LogP) is -2.53. The average Bonchev–Trinajstić information content (AvgIpc) is 2.04. The van der Waals surface area contributed by atoms with E-state index in [0.717, 1.165) is 12.3 Å². The SMILES string of the molecule is C[I-]N1C[C@H]2CC[C@@H]1[C@H](O)C2. The van der Waals surface area contributed by atoms with Gasteiger partial charge in [-0.15, -0.1) is 0 Å². The normalized spacial score (nSPS) is 45.1. The fourth-order valence-electron chi connectivity index (χ4n) is 2.28. The molecule has 1 aliphatic carbocycles. The van der Waals surface area contributed by atoms with Crippen LogP contribution in [0.15, 0.2) is 0 Å². The summed E-state index contributed by atoms with van der Waals surface area (Å²) in [6.45, 7) is 1.28. The van der Waals surface area contributed by atoms with Crippen LogP contribution in [0, 0.1) is 5.92 Å². The molecule has 3 atom stereocenters. The van der Waals surface area contributed by atoms with Gasteiger partial charge < -0.3 is 0 Å². The van der Waals surface area contributed by atoms with Crippen LogP contribution in [0.2, 0.25) is 0 Å². The first-order valence-corrected chi connectivity index (χ1v) is 7.38. The summed E-state index contributed by atoms with van der Waals surface area (Å²) in [7, 11) is 0. The van der Waals surface area contributed by atoms with E-state index in [-0.39, 0.29) is 27.6 Å². The third-order valence-electron chi connectivity index (χ3n) is 2.90. The molecule has 2 bridgehead atoms. The molecule has 0 unspecified atom stereocenters. The number of rotatable bonds is 1. The number of halogens is 1. The van der Waals surface area contributed by atoms with Crippen LogP contribution in [0.25, 0.3) is 0 Å². The van der Waals surface area contributed by atoms with E-state index < -0.39 is 0 Å². The molecule has 3 fully saturated rings. The van der Waals surface area contributed by atoms with Crippen molar-refractivity contribution in [2.24, 2.45) is 5.92 Å². The van der Waals surface area contributed by atoms with Crippen molar-refractivity contribution < 1.29 is 26.6 Å². The quantitative estimate of drug-likeness (QED) is 0.322. The topological polar surface area (TPSA) is 23.5 Å². The molecule has 11 heavy (non-hydrogen) atoms. The van der Waals surface area contributed by atoms with Crippen molar-refractivity contribution in [2.45, 2.75) is 31.4 Å². The Kier molecular flexibility index (Phi) is 2.39.